The van der Waals surface area contributed by atoms with Gasteiger partial charge in [0.1, 0.15) is 0 Å². The van der Waals surface area contributed by atoms with E-state index in [0.29, 0.717) is 11.8 Å². The molecule has 4 unspecified atom stereocenters. The van der Waals surface area contributed by atoms with Crippen LogP contribution in [-0.2, 0) is 16.6 Å². The van der Waals surface area contributed by atoms with Crippen molar-refractivity contribution >= 4 is 21.8 Å². The fraction of sp³-hybridized carbons (Fsp3) is 0.516. The summed E-state index contributed by atoms with van der Waals surface area (Å²) < 4.78 is 1.14. The number of fused-ring (bicyclic) bond motifs is 2. The number of likely N-dealkylation sites (tertiary alicyclic amines) is 1. The fourth-order valence-corrected chi connectivity index (χ4v) is 7.88. The van der Waals surface area contributed by atoms with Crippen LogP contribution < -0.4 is 5.32 Å². The average Bonchev–Trinajstić information content (AvgIpc) is 3.49. The van der Waals surface area contributed by atoms with Gasteiger partial charge in [0.05, 0.1) is 12.0 Å². The van der Waals surface area contributed by atoms with E-state index in [1.54, 1.807) is 5.57 Å². The van der Waals surface area contributed by atoms with Crippen LogP contribution in [0.5, 0.6) is 0 Å². The number of aryl methyl sites for hydroxylation is 1. The molecule has 2 aromatic carbocycles. The van der Waals surface area contributed by atoms with Gasteiger partial charge in [0.25, 0.3) is 0 Å². The maximum absolute atomic E-state index is 14.4. The highest BCUT2D eigenvalue weighted by Gasteiger charge is 2.53. The molecule has 4 heteroatoms. The standard InChI is InChI=1S/C31H37BrN2O/c32-26-11-12-28-25(18-26)13-15-31(28)21-33-20-29(31)30(35)34-16-14-24(23-9-5-2-6-10-23)19-27(34)17-22-7-3-1-4-8-22/h2,5-6,9-12,17-18,24,27,29,33H,1,3-4,7-8,13-16,19-21H2. The summed E-state index contributed by atoms with van der Waals surface area (Å²) in [5.41, 5.74) is 5.80. The molecule has 2 heterocycles. The van der Waals surface area contributed by atoms with E-state index >= 15 is 0 Å². The Morgan fingerprint density at radius 2 is 1.89 bits per heavy atom. The number of carbonyl (C=O) groups excluding carboxylic acids is 1. The second-order valence-electron chi connectivity index (χ2n) is 11.3. The molecule has 1 amide bonds. The SMILES string of the molecule is O=C(C1CNCC12CCc1cc(Br)ccc12)N1CCC(c2ccccc2)CC1C=C1CCCCC1. The normalized spacial score (nSPS) is 30.5. The average molecular weight is 534 g/mol. The van der Waals surface area contributed by atoms with E-state index in [-0.39, 0.29) is 17.4 Å². The molecule has 1 saturated carbocycles. The first kappa shape index (κ1) is 23.5. The van der Waals surface area contributed by atoms with Crippen LogP contribution in [0.4, 0.5) is 0 Å². The van der Waals surface area contributed by atoms with Gasteiger partial charge in [-0.2, -0.15) is 0 Å². The van der Waals surface area contributed by atoms with Gasteiger partial charge < -0.3 is 10.2 Å². The number of rotatable bonds is 3. The quantitative estimate of drug-likeness (QED) is 0.456. The Hall–Kier alpha value is -1.91. The largest absolute Gasteiger partial charge is 0.336 e. The third-order valence-electron chi connectivity index (χ3n) is 9.32. The second-order valence-corrected chi connectivity index (χ2v) is 12.2. The highest BCUT2D eigenvalue weighted by molar-refractivity contribution is 9.10. The molecule has 4 atom stereocenters. The van der Waals surface area contributed by atoms with Gasteiger partial charge in [0.15, 0.2) is 0 Å². The van der Waals surface area contributed by atoms with Crippen LogP contribution in [-0.4, -0.2) is 36.5 Å². The number of nitrogens with one attached hydrogen (secondary N) is 1. The van der Waals surface area contributed by atoms with E-state index in [1.165, 1.54) is 48.8 Å². The zero-order valence-corrected chi connectivity index (χ0v) is 22.2. The van der Waals surface area contributed by atoms with Crippen LogP contribution in [0, 0.1) is 5.92 Å². The van der Waals surface area contributed by atoms with E-state index in [1.807, 2.05) is 0 Å². The Labute approximate surface area is 218 Å². The summed E-state index contributed by atoms with van der Waals surface area (Å²) in [6.07, 6.45) is 13.2. The van der Waals surface area contributed by atoms with E-state index < -0.39 is 0 Å². The van der Waals surface area contributed by atoms with Crippen molar-refractivity contribution in [3.05, 3.63) is 81.3 Å². The predicted octanol–water partition coefficient (Wildman–Crippen LogP) is 6.52. The molecule has 2 aromatic rings. The van der Waals surface area contributed by atoms with Crippen LogP contribution in [0.1, 0.15) is 74.0 Å². The summed E-state index contributed by atoms with van der Waals surface area (Å²) >= 11 is 3.65. The van der Waals surface area contributed by atoms with Crippen molar-refractivity contribution in [2.75, 3.05) is 19.6 Å². The molecule has 3 nitrogen and oxygen atoms in total. The number of nitrogens with zero attached hydrogens (tertiary/aromatic N) is 1. The molecule has 0 bridgehead atoms. The van der Waals surface area contributed by atoms with Gasteiger partial charge in [-0.15, -0.1) is 0 Å². The molecular weight excluding hydrogens is 496 g/mol. The van der Waals surface area contributed by atoms with Crippen molar-refractivity contribution in [1.29, 1.82) is 0 Å². The molecule has 2 saturated heterocycles. The van der Waals surface area contributed by atoms with Gasteiger partial charge in [0, 0.05) is 29.5 Å². The maximum Gasteiger partial charge on any atom is 0.228 e. The van der Waals surface area contributed by atoms with Gasteiger partial charge >= 0.3 is 0 Å². The summed E-state index contributed by atoms with van der Waals surface area (Å²) in [5, 5.41) is 3.64. The highest BCUT2D eigenvalue weighted by atomic mass is 79.9. The van der Waals surface area contributed by atoms with Crippen LogP contribution in [0.3, 0.4) is 0 Å². The minimum absolute atomic E-state index is 0.0328. The predicted molar refractivity (Wildman–Crippen MR) is 146 cm³/mol. The first-order valence-electron chi connectivity index (χ1n) is 13.7. The molecule has 1 N–H and O–H groups in total. The van der Waals surface area contributed by atoms with Gasteiger partial charge in [-0.1, -0.05) is 70.4 Å². The van der Waals surface area contributed by atoms with Gasteiger partial charge in [-0.3, -0.25) is 4.79 Å². The van der Waals surface area contributed by atoms with Crippen LogP contribution >= 0.6 is 15.9 Å². The highest BCUT2D eigenvalue weighted by Crippen LogP contribution is 2.48. The van der Waals surface area contributed by atoms with Crippen LogP contribution in [0.15, 0.2) is 64.7 Å². The number of hydrogen-bond donors (Lipinski definition) is 1. The Bertz CT molecular complexity index is 1100. The number of benzene rings is 2. The Morgan fingerprint density at radius 3 is 2.71 bits per heavy atom. The monoisotopic (exact) mass is 532 g/mol. The van der Waals surface area contributed by atoms with Crippen LogP contribution in [0.2, 0.25) is 0 Å². The zero-order chi connectivity index (χ0) is 23.8. The van der Waals surface area contributed by atoms with E-state index in [4.69, 9.17) is 0 Å². The summed E-state index contributed by atoms with van der Waals surface area (Å²) in [6, 6.07) is 17.9. The minimum atomic E-state index is -0.0497. The molecule has 0 aromatic heterocycles. The van der Waals surface area contributed by atoms with Crippen molar-refractivity contribution in [1.82, 2.24) is 10.2 Å². The summed E-state index contributed by atoms with van der Waals surface area (Å²) in [5.74, 6) is 0.950. The van der Waals surface area contributed by atoms with Crippen molar-refractivity contribution in [3.63, 3.8) is 0 Å². The third kappa shape index (κ3) is 4.42. The molecular formula is C31H37BrN2O. The molecule has 2 aliphatic heterocycles. The number of hydrogen-bond acceptors (Lipinski definition) is 2. The van der Waals surface area contributed by atoms with Crippen molar-refractivity contribution in [2.45, 2.75) is 75.2 Å². The van der Waals surface area contributed by atoms with E-state index in [9.17, 15) is 4.79 Å². The molecule has 2 aliphatic carbocycles. The Balaban J connectivity index is 1.29. The van der Waals surface area contributed by atoms with Gasteiger partial charge in [-0.05, 0) is 86.1 Å². The molecule has 4 aliphatic rings. The lowest BCUT2D eigenvalue weighted by molar-refractivity contribution is -0.139. The lowest BCUT2D eigenvalue weighted by atomic mass is 9.72. The lowest BCUT2D eigenvalue weighted by Crippen LogP contribution is -2.51. The molecule has 0 radical (unpaired) electrons. The lowest BCUT2D eigenvalue weighted by Gasteiger charge is -2.42. The molecule has 6 rings (SSSR count). The minimum Gasteiger partial charge on any atom is -0.336 e. The van der Waals surface area contributed by atoms with Crippen LogP contribution in [0.25, 0.3) is 0 Å². The van der Waals surface area contributed by atoms with Crippen molar-refractivity contribution in [3.8, 4) is 0 Å². The van der Waals surface area contributed by atoms with E-state index in [2.05, 4.69) is 80.8 Å². The molecule has 184 valence electrons. The molecule has 3 fully saturated rings. The number of allylic oxidation sites excluding steroid dienone is 1. The van der Waals surface area contributed by atoms with E-state index in [0.717, 1.165) is 49.8 Å². The third-order valence-corrected chi connectivity index (χ3v) is 9.81. The topological polar surface area (TPSA) is 32.3 Å². The molecule has 35 heavy (non-hydrogen) atoms. The zero-order valence-electron chi connectivity index (χ0n) is 20.6. The summed E-state index contributed by atoms with van der Waals surface area (Å²) in [7, 11) is 0. The first-order valence-corrected chi connectivity index (χ1v) is 14.5. The Kier molecular flexibility index (Phi) is 6.62. The fourth-order valence-electron chi connectivity index (χ4n) is 7.48. The summed E-state index contributed by atoms with van der Waals surface area (Å²) in [6.45, 7) is 2.59. The van der Waals surface area contributed by atoms with Gasteiger partial charge in [-0.25, -0.2) is 0 Å². The summed E-state index contributed by atoms with van der Waals surface area (Å²) in [4.78, 5) is 16.7. The number of piperidine rings is 1. The van der Waals surface area contributed by atoms with Crippen molar-refractivity contribution in [2.24, 2.45) is 5.92 Å². The molecule has 1 spiro atoms. The smallest absolute Gasteiger partial charge is 0.228 e. The Morgan fingerprint density at radius 1 is 1.06 bits per heavy atom. The maximum atomic E-state index is 14.4. The first-order chi connectivity index (χ1) is 17.1. The second kappa shape index (κ2) is 9.86. The van der Waals surface area contributed by atoms with Crippen molar-refractivity contribution < 1.29 is 4.79 Å². The van der Waals surface area contributed by atoms with Gasteiger partial charge in [0.2, 0.25) is 5.91 Å². The number of carbonyl (C=O) groups is 1. The number of halogens is 1. The number of amides is 1.